The molecule has 2 aromatic rings. The zero-order chi connectivity index (χ0) is 18.4. The van der Waals surface area contributed by atoms with Crippen LogP contribution in [0.3, 0.4) is 0 Å². The molecular weight excluding hydrogens is 320 g/mol. The topological polar surface area (TPSA) is 76.7 Å². The van der Waals surface area contributed by atoms with Crippen LogP contribution < -0.4 is 20.1 Å². The van der Waals surface area contributed by atoms with Crippen molar-refractivity contribution in [2.45, 2.75) is 20.3 Å². The highest BCUT2D eigenvalue weighted by Gasteiger charge is 2.12. The molecule has 0 unspecified atom stereocenters. The van der Waals surface area contributed by atoms with Gasteiger partial charge in [0.2, 0.25) is 11.8 Å². The lowest BCUT2D eigenvalue weighted by molar-refractivity contribution is -0.123. The van der Waals surface area contributed by atoms with Gasteiger partial charge in [0.1, 0.15) is 6.42 Å². The van der Waals surface area contributed by atoms with E-state index in [2.05, 4.69) is 10.6 Å². The second kappa shape index (κ2) is 8.19. The Labute approximate surface area is 147 Å². The molecule has 0 bridgehead atoms. The molecule has 0 saturated heterocycles. The predicted octanol–water partition coefficient (Wildman–Crippen LogP) is 3.29. The van der Waals surface area contributed by atoms with Crippen LogP contribution in [0.15, 0.2) is 36.4 Å². The Morgan fingerprint density at radius 1 is 0.800 bits per heavy atom. The van der Waals surface area contributed by atoms with E-state index in [1.165, 1.54) is 14.2 Å². The Balaban J connectivity index is 1.96. The van der Waals surface area contributed by atoms with Crippen LogP contribution in [-0.4, -0.2) is 26.0 Å². The van der Waals surface area contributed by atoms with Gasteiger partial charge in [-0.15, -0.1) is 0 Å². The number of hydrogen-bond donors (Lipinski definition) is 2. The minimum Gasteiger partial charge on any atom is -0.493 e. The van der Waals surface area contributed by atoms with Crippen LogP contribution >= 0.6 is 0 Å². The standard InChI is InChI=1S/C19H22N2O4/c1-12-7-13(2)9-15(8-12)21-19(23)11-18(22)20-14-5-6-16(24-3)17(10-14)25-4/h5-10H,11H2,1-4H3,(H,20,22)(H,21,23). The maximum absolute atomic E-state index is 12.1. The number of carbonyl (C=O) groups is 2. The molecule has 6 heteroatoms. The molecule has 2 amide bonds. The van der Waals surface area contributed by atoms with Crippen molar-refractivity contribution < 1.29 is 19.1 Å². The van der Waals surface area contributed by atoms with Crippen molar-refractivity contribution in [1.82, 2.24) is 0 Å². The molecule has 2 N–H and O–H groups in total. The van der Waals surface area contributed by atoms with Crippen LogP contribution in [0.4, 0.5) is 11.4 Å². The van der Waals surface area contributed by atoms with E-state index in [-0.39, 0.29) is 12.3 Å². The lowest BCUT2D eigenvalue weighted by atomic mass is 10.1. The molecule has 0 spiro atoms. The maximum atomic E-state index is 12.1. The number of ether oxygens (including phenoxy) is 2. The number of benzene rings is 2. The van der Waals surface area contributed by atoms with Gasteiger partial charge in [-0.1, -0.05) is 6.07 Å². The highest BCUT2D eigenvalue weighted by Crippen LogP contribution is 2.29. The number of aryl methyl sites for hydroxylation is 2. The van der Waals surface area contributed by atoms with Crippen LogP contribution in [0.25, 0.3) is 0 Å². The maximum Gasteiger partial charge on any atom is 0.233 e. The van der Waals surface area contributed by atoms with E-state index in [1.54, 1.807) is 18.2 Å². The fourth-order valence-corrected chi connectivity index (χ4v) is 2.52. The van der Waals surface area contributed by atoms with E-state index in [0.29, 0.717) is 22.9 Å². The average molecular weight is 342 g/mol. The molecule has 0 fully saturated rings. The molecule has 2 rings (SSSR count). The molecule has 6 nitrogen and oxygen atoms in total. The summed E-state index contributed by atoms with van der Waals surface area (Å²) in [6.07, 6.45) is -0.276. The molecule has 0 heterocycles. The summed E-state index contributed by atoms with van der Waals surface area (Å²) >= 11 is 0. The molecule has 0 aromatic heterocycles. The van der Waals surface area contributed by atoms with E-state index in [0.717, 1.165) is 11.1 Å². The van der Waals surface area contributed by atoms with Gasteiger partial charge in [0, 0.05) is 17.4 Å². The summed E-state index contributed by atoms with van der Waals surface area (Å²) in [4.78, 5) is 24.1. The Bertz CT molecular complexity index is 767. The van der Waals surface area contributed by atoms with Gasteiger partial charge in [-0.3, -0.25) is 9.59 Å². The van der Waals surface area contributed by atoms with Crippen molar-refractivity contribution in [3.63, 3.8) is 0 Å². The van der Waals surface area contributed by atoms with Crippen LogP contribution in [0.2, 0.25) is 0 Å². The summed E-state index contributed by atoms with van der Waals surface area (Å²) < 4.78 is 10.3. The number of rotatable bonds is 6. The van der Waals surface area contributed by atoms with Crippen molar-refractivity contribution in [2.75, 3.05) is 24.9 Å². The van der Waals surface area contributed by atoms with Crippen molar-refractivity contribution >= 4 is 23.2 Å². The van der Waals surface area contributed by atoms with Crippen molar-refractivity contribution in [2.24, 2.45) is 0 Å². The molecule has 132 valence electrons. The monoisotopic (exact) mass is 342 g/mol. The van der Waals surface area contributed by atoms with E-state index in [9.17, 15) is 9.59 Å². The third kappa shape index (κ3) is 5.24. The smallest absolute Gasteiger partial charge is 0.233 e. The molecule has 0 radical (unpaired) electrons. The van der Waals surface area contributed by atoms with Crippen molar-refractivity contribution in [3.8, 4) is 11.5 Å². The lowest BCUT2D eigenvalue weighted by Crippen LogP contribution is -2.21. The van der Waals surface area contributed by atoms with Crippen LogP contribution in [0.1, 0.15) is 17.5 Å². The summed E-state index contributed by atoms with van der Waals surface area (Å²) in [5.41, 5.74) is 3.30. The normalized spacial score (nSPS) is 10.1. The fourth-order valence-electron chi connectivity index (χ4n) is 2.52. The molecule has 0 aliphatic carbocycles. The highest BCUT2D eigenvalue weighted by molar-refractivity contribution is 6.08. The molecule has 0 aliphatic rings. The third-order valence-corrected chi connectivity index (χ3v) is 3.49. The molecule has 0 saturated carbocycles. The number of anilines is 2. The van der Waals surface area contributed by atoms with Crippen molar-refractivity contribution in [3.05, 3.63) is 47.5 Å². The highest BCUT2D eigenvalue weighted by atomic mass is 16.5. The minimum atomic E-state index is -0.408. The first-order chi connectivity index (χ1) is 11.9. The van der Waals surface area contributed by atoms with Crippen molar-refractivity contribution in [1.29, 1.82) is 0 Å². The van der Waals surface area contributed by atoms with Gasteiger partial charge in [-0.25, -0.2) is 0 Å². The quantitative estimate of drug-likeness (QED) is 0.790. The second-order valence-corrected chi connectivity index (χ2v) is 5.72. The SMILES string of the molecule is COc1ccc(NC(=O)CC(=O)Nc2cc(C)cc(C)c2)cc1OC. The van der Waals surface area contributed by atoms with Crippen LogP contribution in [-0.2, 0) is 9.59 Å². The Kier molecular flexibility index (Phi) is 6.00. The van der Waals surface area contributed by atoms with E-state index < -0.39 is 5.91 Å². The zero-order valence-electron chi connectivity index (χ0n) is 14.8. The summed E-state index contributed by atoms with van der Waals surface area (Å²) in [5, 5.41) is 5.41. The van der Waals surface area contributed by atoms with Crippen LogP contribution in [0, 0.1) is 13.8 Å². The van der Waals surface area contributed by atoms with Gasteiger partial charge in [0.15, 0.2) is 11.5 Å². The Hall–Kier alpha value is -3.02. The minimum absolute atomic E-state index is 0.276. The molecule has 0 atom stereocenters. The molecule has 2 aromatic carbocycles. The first kappa shape index (κ1) is 18.3. The number of carbonyl (C=O) groups excluding carboxylic acids is 2. The summed E-state index contributed by atoms with van der Waals surface area (Å²) in [7, 11) is 3.05. The van der Waals surface area contributed by atoms with Crippen LogP contribution in [0.5, 0.6) is 11.5 Å². The second-order valence-electron chi connectivity index (χ2n) is 5.72. The first-order valence-corrected chi connectivity index (χ1v) is 7.81. The molecule has 25 heavy (non-hydrogen) atoms. The number of nitrogens with one attached hydrogen (secondary N) is 2. The zero-order valence-corrected chi connectivity index (χ0v) is 14.8. The first-order valence-electron chi connectivity index (χ1n) is 7.81. The summed E-state index contributed by atoms with van der Waals surface area (Å²) in [5.74, 6) is 0.283. The van der Waals surface area contributed by atoms with Gasteiger partial charge in [0.25, 0.3) is 0 Å². The Morgan fingerprint density at radius 3 is 1.92 bits per heavy atom. The predicted molar refractivity (Wildman–Crippen MR) is 97.3 cm³/mol. The fraction of sp³-hybridized carbons (Fsp3) is 0.263. The average Bonchev–Trinajstić information content (AvgIpc) is 2.53. The Morgan fingerprint density at radius 2 is 1.36 bits per heavy atom. The van der Waals surface area contributed by atoms with Gasteiger partial charge in [-0.05, 0) is 49.2 Å². The number of methoxy groups -OCH3 is 2. The van der Waals surface area contributed by atoms with E-state index in [4.69, 9.17) is 9.47 Å². The largest absolute Gasteiger partial charge is 0.493 e. The number of amides is 2. The van der Waals surface area contributed by atoms with E-state index in [1.807, 2.05) is 32.0 Å². The van der Waals surface area contributed by atoms with Gasteiger partial charge < -0.3 is 20.1 Å². The van der Waals surface area contributed by atoms with Gasteiger partial charge in [-0.2, -0.15) is 0 Å². The summed E-state index contributed by atoms with van der Waals surface area (Å²) in [6.45, 7) is 3.90. The lowest BCUT2D eigenvalue weighted by Gasteiger charge is -2.11. The summed E-state index contributed by atoms with van der Waals surface area (Å²) in [6, 6.07) is 10.7. The van der Waals surface area contributed by atoms with Gasteiger partial charge in [0.05, 0.1) is 14.2 Å². The molecule has 0 aliphatic heterocycles. The molecular formula is C19H22N2O4. The third-order valence-electron chi connectivity index (χ3n) is 3.49. The number of hydrogen-bond acceptors (Lipinski definition) is 4. The van der Waals surface area contributed by atoms with E-state index >= 15 is 0 Å². The van der Waals surface area contributed by atoms with Gasteiger partial charge >= 0.3 is 0 Å².